The van der Waals surface area contributed by atoms with Crippen LogP contribution in [0.4, 0.5) is 10.1 Å². The monoisotopic (exact) mass is 271 g/mol. The van der Waals surface area contributed by atoms with Gasteiger partial charge in [0.1, 0.15) is 5.82 Å². The van der Waals surface area contributed by atoms with E-state index in [9.17, 15) is 4.39 Å². The average Bonchev–Trinajstić information content (AvgIpc) is 2.50. The van der Waals surface area contributed by atoms with Gasteiger partial charge < -0.3 is 4.90 Å². The van der Waals surface area contributed by atoms with Crippen LogP contribution in [0.25, 0.3) is 0 Å². The average molecular weight is 272 g/mol. The van der Waals surface area contributed by atoms with Gasteiger partial charge in [-0.25, -0.2) is 4.39 Å². The molecule has 82 valence electrons. The van der Waals surface area contributed by atoms with Crippen LogP contribution in [0, 0.1) is 5.82 Å². The predicted octanol–water partition coefficient (Wildman–Crippen LogP) is 3.97. The minimum Gasteiger partial charge on any atom is -0.371 e. The van der Waals surface area contributed by atoms with E-state index in [-0.39, 0.29) is 5.82 Å². The third-order valence-corrected chi connectivity index (χ3v) is 3.53. The molecule has 0 N–H and O–H groups in total. The van der Waals surface area contributed by atoms with E-state index < -0.39 is 0 Å². The smallest absolute Gasteiger partial charge is 0.125 e. The van der Waals surface area contributed by atoms with Crippen molar-refractivity contribution in [3.8, 4) is 0 Å². The summed E-state index contributed by atoms with van der Waals surface area (Å²) >= 11 is 3.48. The highest BCUT2D eigenvalue weighted by Crippen LogP contribution is 2.28. The molecule has 0 spiro atoms. The molecule has 0 aliphatic carbocycles. The third-order valence-electron chi connectivity index (χ3n) is 2.85. The molecule has 15 heavy (non-hydrogen) atoms. The molecule has 0 aromatic heterocycles. The van der Waals surface area contributed by atoms with Crippen molar-refractivity contribution in [2.45, 2.75) is 25.7 Å². The zero-order valence-electron chi connectivity index (χ0n) is 8.68. The van der Waals surface area contributed by atoms with E-state index in [2.05, 4.69) is 20.8 Å². The summed E-state index contributed by atoms with van der Waals surface area (Å²) < 4.78 is 14.1. The topological polar surface area (TPSA) is 3.24 Å². The zero-order valence-corrected chi connectivity index (χ0v) is 10.3. The first-order valence-electron chi connectivity index (χ1n) is 5.47. The van der Waals surface area contributed by atoms with Gasteiger partial charge in [-0.05, 0) is 47.0 Å². The molecule has 0 unspecified atom stereocenters. The van der Waals surface area contributed by atoms with E-state index in [0.717, 1.165) is 23.2 Å². The fraction of sp³-hybridized carbons (Fsp3) is 0.500. The Labute approximate surface area is 98.4 Å². The Bertz CT molecular complexity index is 332. The van der Waals surface area contributed by atoms with E-state index in [1.54, 1.807) is 12.1 Å². The highest BCUT2D eigenvalue weighted by Gasteiger charge is 2.13. The summed E-state index contributed by atoms with van der Waals surface area (Å²) in [5, 5.41) is 0. The summed E-state index contributed by atoms with van der Waals surface area (Å²) in [5.74, 6) is -0.155. The minimum atomic E-state index is -0.155. The summed E-state index contributed by atoms with van der Waals surface area (Å²) in [5.41, 5.74) is 0.997. The number of halogens is 2. The quantitative estimate of drug-likeness (QED) is 0.747. The summed E-state index contributed by atoms with van der Waals surface area (Å²) in [6, 6.07) is 4.90. The largest absolute Gasteiger partial charge is 0.371 e. The van der Waals surface area contributed by atoms with Gasteiger partial charge in [0.05, 0.1) is 5.69 Å². The number of rotatable bonds is 1. The van der Waals surface area contributed by atoms with Gasteiger partial charge >= 0.3 is 0 Å². The lowest BCUT2D eigenvalue weighted by molar-refractivity contribution is 0.626. The van der Waals surface area contributed by atoms with E-state index in [1.165, 1.54) is 31.7 Å². The molecule has 1 aromatic rings. The maximum absolute atomic E-state index is 13.2. The lowest BCUT2D eigenvalue weighted by Crippen LogP contribution is -2.24. The molecular formula is C12H15BrFN. The van der Waals surface area contributed by atoms with Crippen molar-refractivity contribution in [1.29, 1.82) is 0 Å². The highest BCUT2D eigenvalue weighted by atomic mass is 79.9. The van der Waals surface area contributed by atoms with Crippen molar-refractivity contribution in [3.05, 3.63) is 28.5 Å². The number of nitrogens with zero attached hydrogens (tertiary/aromatic N) is 1. The second-order valence-corrected chi connectivity index (χ2v) is 4.85. The first kappa shape index (κ1) is 10.9. The number of hydrogen-bond donors (Lipinski definition) is 0. The van der Waals surface area contributed by atoms with E-state index >= 15 is 0 Å². The molecule has 1 aliphatic rings. The molecule has 0 amide bonds. The minimum absolute atomic E-state index is 0.155. The van der Waals surface area contributed by atoms with Crippen molar-refractivity contribution in [3.63, 3.8) is 0 Å². The Hall–Kier alpha value is -0.570. The summed E-state index contributed by atoms with van der Waals surface area (Å²) in [4.78, 5) is 2.28. The molecule has 0 atom stereocenters. The van der Waals surface area contributed by atoms with Crippen LogP contribution >= 0.6 is 15.9 Å². The first-order chi connectivity index (χ1) is 7.27. The summed E-state index contributed by atoms with van der Waals surface area (Å²) in [6.45, 7) is 2.09. The lowest BCUT2D eigenvalue weighted by atomic mass is 10.2. The SMILES string of the molecule is Fc1ccc(Br)c(N2CCCCCC2)c1. The van der Waals surface area contributed by atoms with Crippen LogP contribution < -0.4 is 4.90 Å². The number of hydrogen-bond acceptors (Lipinski definition) is 1. The van der Waals surface area contributed by atoms with Crippen LogP contribution in [-0.4, -0.2) is 13.1 Å². The standard InChI is InChI=1S/C12H15BrFN/c13-11-6-5-10(14)9-12(11)15-7-3-1-2-4-8-15/h5-6,9H,1-4,7-8H2. The Morgan fingerprint density at radius 2 is 1.73 bits per heavy atom. The van der Waals surface area contributed by atoms with Crippen molar-refractivity contribution >= 4 is 21.6 Å². The molecule has 1 saturated heterocycles. The third kappa shape index (κ3) is 2.71. The van der Waals surface area contributed by atoms with Crippen LogP contribution in [0.3, 0.4) is 0 Å². The number of anilines is 1. The second-order valence-electron chi connectivity index (χ2n) is 4.00. The summed E-state index contributed by atoms with van der Waals surface area (Å²) in [7, 11) is 0. The molecule has 0 bridgehead atoms. The van der Waals surface area contributed by atoms with Crippen LogP contribution in [0.5, 0.6) is 0 Å². The van der Waals surface area contributed by atoms with Crippen molar-refractivity contribution in [1.82, 2.24) is 0 Å². The van der Waals surface area contributed by atoms with Gasteiger partial charge in [-0.2, -0.15) is 0 Å². The predicted molar refractivity (Wildman–Crippen MR) is 64.8 cm³/mol. The molecule has 0 radical (unpaired) electrons. The van der Waals surface area contributed by atoms with Crippen LogP contribution in [0.1, 0.15) is 25.7 Å². The molecule has 1 aliphatic heterocycles. The normalized spacial score (nSPS) is 17.6. The Morgan fingerprint density at radius 3 is 2.40 bits per heavy atom. The Balaban J connectivity index is 2.22. The van der Waals surface area contributed by atoms with E-state index in [0.29, 0.717) is 0 Å². The molecule has 3 heteroatoms. The molecule has 1 heterocycles. The fourth-order valence-electron chi connectivity index (χ4n) is 2.04. The van der Waals surface area contributed by atoms with Crippen molar-refractivity contribution < 1.29 is 4.39 Å². The summed E-state index contributed by atoms with van der Waals surface area (Å²) in [6.07, 6.45) is 5.01. The van der Waals surface area contributed by atoms with Gasteiger partial charge in [0.2, 0.25) is 0 Å². The molecule has 2 rings (SSSR count). The number of benzene rings is 1. The van der Waals surface area contributed by atoms with E-state index in [1.807, 2.05) is 0 Å². The van der Waals surface area contributed by atoms with Gasteiger partial charge in [0, 0.05) is 17.6 Å². The van der Waals surface area contributed by atoms with Crippen LogP contribution in [-0.2, 0) is 0 Å². The van der Waals surface area contributed by atoms with Gasteiger partial charge in [-0.1, -0.05) is 12.8 Å². The van der Waals surface area contributed by atoms with Gasteiger partial charge in [-0.3, -0.25) is 0 Å². The van der Waals surface area contributed by atoms with Crippen LogP contribution in [0.15, 0.2) is 22.7 Å². The second kappa shape index (κ2) is 4.97. The molecule has 1 aromatic carbocycles. The molecule has 1 fully saturated rings. The molecule has 1 nitrogen and oxygen atoms in total. The van der Waals surface area contributed by atoms with Crippen LogP contribution in [0.2, 0.25) is 0 Å². The maximum atomic E-state index is 13.2. The Kier molecular flexibility index (Phi) is 3.62. The van der Waals surface area contributed by atoms with Crippen molar-refractivity contribution in [2.24, 2.45) is 0 Å². The highest BCUT2D eigenvalue weighted by molar-refractivity contribution is 9.10. The molecular weight excluding hydrogens is 257 g/mol. The van der Waals surface area contributed by atoms with Gasteiger partial charge in [0.25, 0.3) is 0 Å². The van der Waals surface area contributed by atoms with Gasteiger partial charge in [-0.15, -0.1) is 0 Å². The van der Waals surface area contributed by atoms with Gasteiger partial charge in [0.15, 0.2) is 0 Å². The first-order valence-corrected chi connectivity index (χ1v) is 6.27. The lowest BCUT2D eigenvalue weighted by Gasteiger charge is -2.23. The fourth-order valence-corrected chi connectivity index (χ4v) is 2.54. The Morgan fingerprint density at radius 1 is 1.07 bits per heavy atom. The van der Waals surface area contributed by atoms with Crippen molar-refractivity contribution in [2.75, 3.05) is 18.0 Å². The maximum Gasteiger partial charge on any atom is 0.125 e. The zero-order chi connectivity index (χ0) is 10.7. The van der Waals surface area contributed by atoms with E-state index in [4.69, 9.17) is 0 Å². The molecule has 0 saturated carbocycles.